The van der Waals surface area contributed by atoms with Crippen LogP contribution in [0.2, 0.25) is 0 Å². The number of hydrogen-bond acceptors (Lipinski definition) is 3. The topological polar surface area (TPSA) is 94.2 Å². The molecule has 0 atom stereocenters. The maximum Gasteiger partial charge on any atom is 0.404 e. The van der Waals surface area contributed by atoms with Crippen molar-refractivity contribution in [1.29, 1.82) is 0 Å². The fourth-order valence-corrected chi connectivity index (χ4v) is 4.12. The molecule has 4 N–H and O–H groups in total. The van der Waals surface area contributed by atoms with Gasteiger partial charge in [0.15, 0.2) is 0 Å². The quantitative estimate of drug-likeness (QED) is 0.404. The predicted molar refractivity (Wildman–Crippen MR) is 98.4 cm³/mol. The molecule has 6 nitrogen and oxygen atoms in total. The number of rotatable bonds is 5. The minimum absolute atomic E-state index is 0.236. The number of thioether (sulfide) groups is 1. The van der Waals surface area contributed by atoms with Gasteiger partial charge in [0.05, 0.1) is 5.56 Å². The van der Waals surface area contributed by atoms with Crippen LogP contribution in [-0.2, 0) is 0 Å². The first-order chi connectivity index (χ1) is 12.6. The highest BCUT2D eigenvalue weighted by Gasteiger charge is 2.29. The summed E-state index contributed by atoms with van der Waals surface area (Å²) in [7, 11) is 0. The number of aromatic nitrogens is 1. The van der Waals surface area contributed by atoms with E-state index in [2.05, 4.69) is 15.6 Å². The summed E-state index contributed by atoms with van der Waals surface area (Å²) in [6.07, 6.45) is 0.661. The highest BCUT2D eigenvalue weighted by molar-refractivity contribution is 7.99. The lowest BCUT2D eigenvalue weighted by atomic mass is 9.97. The minimum atomic E-state index is -1.10. The Morgan fingerprint density at radius 1 is 1.27 bits per heavy atom. The summed E-state index contributed by atoms with van der Waals surface area (Å²) in [5, 5.41) is 14.7. The molecule has 0 radical (unpaired) electrons. The van der Waals surface area contributed by atoms with E-state index in [-0.39, 0.29) is 12.5 Å². The molecule has 2 heterocycles. The molecule has 4 rings (SSSR count). The van der Waals surface area contributed by atoms with Crippen molar-refractivity contribution in [2.24, 2.45) is 0 Å². The SMILES string of the molecule is O=C(O)NCCSc1cc(-c2ccc[nH]2)c2c3c(ccc(F)c13)NC2=O. The third-order valence-electron chi connectivity index (χ3n) is 4.19. The Labute approximate surface area is 151 Å². The van der Waals surface area contributed by atoms with Crippen LogP contribution in [0.15, 0.2) is 41.4 Å². The number of amides is 2. The van der Waals surface area contributed by atoms with E-state index < -0.39 is 11.9 Å². The number of nitrogens with one attached hydrogen (secondary N) is 3. The van der Waals surface area contributed by atoms with Crippen LogP contribution in [-0.4, -0.2) is 34.4 Å². The standard InChI is InChI=1S/C18H14FN3O3S/c19-10-3-4-12-16-14(17(23)22-12)9(11-2-1-5-20-11)8-13(15(10)16)26-7-6-21-18(24)25/h1-5,8,20-21H,6-7H2,(H,22,23)(H,24,25). The van der Waals surface area contributed by atoms with Crippen LogP contribution in [0.25, 0.3) is 22.0 Å². The highest BCUT2D eigenvalue weighted by Crippen LogP contribution is 2.44. The maximum absolute atomic E-state index is 14.6. The van der Waals surface area contributed by atoms with Crippen molar-refractivity contribution in [1.82, 2.24) is 10.3 Å². The van der Waals surface area contributed by atoms with E-state index in [9.17, 15) is 14.0 Å². The summed E-state index contributed by atoms with van der Waals surface area (Å²) in [4.78, 5) is 26.8. The summed E-state index contributed by atoms with van der Waals surface area (Å²) in [6.45, 7) is 0.236. The number of H-pyrrole nitrogens is 1. The van der Waals surface area contributed by atoms with E-state index in [1.165, 1.54) is 17.8 Å². The number of aromatic amines is 1. The first-order valence-electron chi connectivity index (χ1n) is 7.90. The average Bonchev–Trinajstić information content (AvgIpc) is 3.24. The molecule has 0 unspecified atom stereocenters. The Morgan fingerprint density at radius 2 is 2.12 bits per heavy atom. The molecule has 8 heteroatoms. The van der Waals surface area contributed by atoms with E-state index in [0.717, 1.165) is 5.69 Å². The minimum Gasteiger partial charge on any atom is -0.465 e. The molecule has 0 aliphatic carbocycles. The molecule has 1 aliphatic rings. The highest BCUT2D eigenvalue weighted by atomic mass is 32.2. The molecule has 0 fully saturated rings. The molecule has 3 aromatic rings. The second-order valence-corrected chi connectivity index (χ2v) is 6.90. The van der Waals surface area contributed by atoms with Crippen LogP contribution in [0, 0.1) is 5.82 Å². The molecule has 0 spiro atoms. The lowest BCUT2D eigenvalue weighted by Gasteiger charge is -2.12. The number of halogens is 1. The van der Waals surface area contributed by atoms with Crippen molar-refractivity contribution in [2.45, 2.75) is 4.90 Å². The molecule has 0 bridgehead atoms. The van der Waals surface area contributed by atoms with Crippen molar-refractivity contribution in [3.05, 3.63) is 47.9 Å². The van der Waals surface area contributed by atoms with Gasteiger partial charge >= 0.3 is 6.09 Å². The first kappa shape index (κ1) is 16.5. The second-order valence-electron chi connectivity index (χ2n) is 5.76. The van der Waals surface area contributed by atoms with Gasteiger partial charge < -0.3 is 20.7 Å². The van der Waals surface area contributed by atoms with Crippen LogP contribution in [0.4, 0.5) is 14.9 Å². The van der Waals surface area contributed by atoms with Gasteiger partial charge in [-0.25, -0.2) is 9.18 Å². The Kier molecular flexibility index (Phi) is 4.04. The smallest absolute Gasteiger partial charge is 0.404 e. The van der Waals surface area contributed by atoms with Crippen LogP contribution >= 0.6 is 11.8 Å². The Bertz CT molecular complexity index is 1030. The Balaban J connectivity index is 1.87. The monoisotopic (exact) mass is 371 g/mol. The van der Waals surface area contributed by atoms with Gasteiger partial charge in [0.2, 0.25) is 0 Å². The van der Waals surface area contributed by atoms with Gasteiger partial charge in [-0.1, -0.05) is 0 Å². The molecule has 132 valence electrons. The third-order valence-corrected chi connectivity index (χ3v) is 5.24. The third kappa shape index (κ3) is 2.68. The van der Waals surface area contributed by atoms with Crippen LogP contribution in [0.1, 0.15) is 10.4 Å². The van der Waals surface area contributed by atoms with E-state index in [1.54, 1.807) is 18.3 Å². The fraction of sp³-hybridized carbons (Fsp3) is 0.111. The summed E-state index contributed by atoms with van der Waals surface area (Å²) in [5.74, 6) is -0.229. The predicted octanol–water partition coefficient (Wildman–Crippen LogP) is 3.90. The second kappa shape index (κ2) is 6.38. The maximum atomic E-state index is 14.6. The van der Waals surface area contributed by atoms with Gasteiger partial charge in [-0.3, -0.25) is 4.79 Å². The van der Waals surface area contributed by atoms with E-state index in [1.807, 2.05) is 12.1 Å². The zero-order valence-electron chi connectivity index (χ0n) is 13.4. The van der Waals surface area contributed by atoms with Gasteiger partial charge in [0, 0.05) is 51.1 Å². The van der Waals surface area contributed by atoms with Crippen molar-refractivity contribution in [3.63, 3.8) is 0 Å². The van der Waals surface area contributed by atoms with Gasteiger partial charge in [0.1, 0.15) is 5.82 Å². The summed E-state index contributed by atoms with van der Waals surface area (Å²) in [5.41, 5.74) is 2.49. The van der Waals surface area contributed by atoms with Gasteiger partial charge in [0.25, 0.3) is 5.91 Å². The van der Waals surface area contributed by atoms with E-state index >= 15 is 0 Å². The zero-order valence-corrected chi connectivity index (χ0v) is 14.2. The summed E-state index contributed by atoms with van der Waals surface area (Å²) >= 11 is 1.35. The lowest BCUT2D eigenvalue weighted by Crippen LogP contribution is -2.23. The van der Waals surface area contributed by atoms with Crippen LogP contribution < -0.4 is 10.6 Å². The van der Waals surface area contributed by atoms with E-state index in [4.69, 9.17) is 5.11 Å². The summed E-state index contributed by atoms with van der Waals surface area (Å²) in [6, 6.07) is 8.36. The molecule has 2 aromatic carbocycles. The zero-order chi connectivity index (χ0) is 18.3. The van der Waals surface area contributed by atoms with Gasteiger partial charge in [-0.05, 0) is 30.3 Å². The summed E-state index contributed by atoms with van der Waals surface area (Å²) < 4.78 is 14.6. The molecule has 2 amide bonds. The lowest BCUT2D eigenvalue weighted by molar-refractivity contribution is 0.103. The number of carbonyl (C=O) groups is 2. The molecule has 0 saturated heterocycles. The number of carbonyl (C=O) groups excluding carboxylic acids is 1. The molecule has 0 saturated carbocycles. The van der Waals surface area contributed by atoms with Crippen molar-refractivity contribution >= 4 is 40.2 Å². The molecule has 26 heavy (non-hydrogen) atoms. The number of benzene rings is 2. The number of carboxylic acid groups (broad SMARTS) is 1. The fourth-order valence-electron chi connectivity index (χ4n) is 3.16. The number of anilines is 1. The number of hydrogen-bond donors (Lipinski definition) is 4. The first-order valence-corrected chi connectivity index (χ1v) is 8.88. The van der Waals surface area contributed by atoms with Crippen molar-refractivity contribution < 1.29 is 19.1 Å². The normalized spacial score (nSPS) is 12.4. The Hall–Kier alpha value is -3.00. The van der Waals surface area contributed by atoms with Crippen LogP contribution in [0.5, 0.6) is 0 Å². The van der Waals surface area contributed by atoms with E-state index in [0.29, 0.717) is 38.2 Å². The van der Waals surface area contributed by atoms with Gasteiger partial charge in [-0.2, -0.15) is 0 Å². The molecule has 1 aliphatic heterocycles. The van der Waals surface area contributed by atoms with Crippen LogP contribution in [0.3, 0.4) is 0 Å². The largest absolute Gasteiger partial charge is 0.465 e. The Morgan fingerprint density at radius 3 is 2.85 bits per heavy atom. The van der Waals surface area contributed by atoms with Crippen molar-refractivity contribution in [2.75, 3.05) is 17.6 Å². The van der Waals surface area contributed by atoms with Gasteiger partial charge in [-0.15, -0.1) is 11.8 Å². The van der Waals surface area contributed by atoms with Crippen molar-refractivity contribution in [3.8, 4) is 11.3 Å². The molecular formula is C18H14FN3O3S. The molecular weight excluding hydrogens is 357 g/mol. The molecule has 1 aromatic heterocycles. The average molecular weight is 371 g/mol.